The molecule has 1 aromatic heterocycles. The maximum Gasteiger partial charge on any atom is 0.229 e. The first-order valence-electron chi connectivity index (χ1n) is 6.24. The van der Waals surface area contributed by atoms with E-state index < -0.39 is 0 Å². The molecule has 0 spiro atoms. The minimum atomic E-state index is -0.384. The molecule has 2 heterocycles. The van der Waals surface area contributed by atoms with Crippen LogP contribution in [0, 0.1) is 5.92 Å². The SMILES string of the molecule is O=C1CC(C(=O)Nc2cc(-n3cnnn3)ccc2Cl)CN1. The topological polar surface area (TPSA) is 102 Å². The molecule has 0 radical (unpaired) electrons. The maximum absolute atomic E-state index is 12.1. The number of nitrogens with one attached hydrogen (secondary N) is 2. The van der Waals surface area contributed by atoms with Gasteiger partial charge in [0, 0.05) is 13.0 Å². The standard InChI is InChI=1S/C12H11ClN6O2/c13-9-2-1-8(19-6-15-17-18-19)4-10(9)16-12(21)7-3-11(20)14-5-7/h1-2,4,6-7H,3,5H2,(H,14,20)(H,16,21). The third-order valence-electron chi connectivity index (χ3n) is 3.17. The molecule has 1 aliphatic heterocycles. The van der Waals surface area contributed by atoms with Gasteiger partial charge in [-0.05, 0) is 28.6 Å². The second-order valence-electron chi connectivity index (χ2n) is 4.61. The van der Waals surface area contributed by atoms with Crippen LogP contribution in [0.2, 0.25) is 5.02 Å². The van der Waals surface area contributed by atoms with Crippen molar-refractivity contribution in [2.24, 2.45) is 5.92 Å². The van der Waals surface area contributed by atoms with E-state index in [0.29, 0.717) is 22.9 Å². The number of nitrogens with zero attached hydrogens (tertiary/aromatic N) is 4. The molecule has 2 N–H and O–H groups in total. The minimum absolute atomic E-state index is 0.122. The van der Waals surface area contributed by atoms with Crippen molar-refractivity contribution in [2.45, 2.75) is 6.42 Å². The van der Waals surface area contributed by atoms with Crippen LogP contribution in [0.25, 0.3) is 5.69 Å². The summed E-state index contributed by atoms with van der Waals surface area (Å²) in [6.45, 7) is 0.342. The smallest absolute Gasteiger partial charge is 0.229 e. The van der Waals surface area contributed by atoms with Crippen LogP contribution in [0.4, 0.5) is 5.69 Å². The van der Waals surface area contributed by atoms with E-state index in [0.717, 1.165) is 0 Å². The molecule has 2 aromatic rings. The number of anilines is 1. The molecular weight excluding hydrogens is 296 g/mol. The summed E-state index contributed by atoms with van der Waals surface area (Å²) in [5, 5.41) is 16.6. The Morgan fingerprint density at radius 1 is 1.48 bits per heavy atom. The summed E-state index contributed by atoms with van der Waals surface area (Å²) < 4.78 is 1.45. The normalized spacial score (nSPS) is 17.6. The molecule has 108 valence electrons. The largest absolute Gasteiger partial charge is 0.355 e. The van der Waals surface area contributed by atoms with Crippen molar-refractivity contribution in [3.63, 3.8) is 0 Å². The molecular formula is C12H11ClN6O2. The zero-order valence-corrected chi connectivity index (χ0v) is 11.5. The molecule has 1 atom stereocenters. The van der Waals surface area contributed by atoms with Gasteiger partial charge >= 0.3 is 0 Å². The second kappa shape index (κ2) is 5.49. The quantitative estimate of drug-likeness (QED) is 0.854. The van der Waals surface area contributed by atoms with Gasteiger partial charge in [0.15, 0.2) is 0 Å². The van der Waals surface area contributed by atoms with Gasteiger partial charge in [-0.2, -0.15) is 0 Å². The highest BCUT2D eigenvalue weighted by Crippen LogP contribution is 2.25. The molecule has 21 heavy (non-hydrogen) atoms. The Hall–Kier alpha value is -2.48. The van der Waals surface area contributed by atoms with Crippen LogP contribution in [0.1, 0.15) is 6.42 Å². The van der Waals surface area contributed by atoms with Gasteiger partial charge in [-0.1, -0.05) is 11.6 Å². The lowest BCUT2D eigenvalue weighted by molar-refractivity contribution is -0.123. The van der Waals surface area contributed by atoms with Crippen molar-refractivity contribution in [1.82, 2.24) is 25.5 Å². The molecule has 8 nitrogen and oxygen atoms in total. The second-order valence-corrected chi connectivity index (χ2v) is 5.02. The van der Waals surface area contributed by atoms with Gasteiger partial charge in [0.25, 0.3) is 0 Å². The lowest BCUT2D eigenvalue weighted by Crippen LogP contribution is -2.24. The predicted octanol–water partition coefficient (Wildman–Crippen LogP) is 0.390. The molecule has 0 aliphatic carbocycles. The monoisotopic (exact) mass is 306 g/mol. The Morgan fingerprint density at radius 3 is 3.00 bits per heavy atom. The van der Waals surface area contributed by atoms with Crippen molar-refractivity contribution in [1.29, 1.82) is 0 Å². The number of benzene rings is 1. The van der Waals surface area contributed by atoms with E-state index in [4.69, 9.17) is 11.6 Å². The summed E-state index contributed by atoms with van der Waals surface area (Å²) in [6, 6.07) is 5.04. The van der Waals surface area contributed by atoms with Crippen LogP contribution in [0.5, 0.6) is 0 Å². The van der Waals surface area contributed by atoms with E-state index in [1.54, 1.807) is 18.2 Å². The van der Waals surface area contributed by atoms with Gasteiger partial charge in [0.05, 0.1) is 22.3 Å². The first-order valence-corrected chi connectivity index (χ1v) is 6.62. The zero-order valence-electron chi connectivity index (χ0n) is 10.8. The van der Waals surface area contributed by atoms with Crippen LogP contribution in [0.15, 0.2) is 24.5 Å². The Balaban J connectivity index is 1.80. The fourth-order valence-corrected chi connectivity index (χ4v) is 2.22. The Bertz CT molecular complexity index is 687. The number of halogens is 1. The van der Waals surface area contributed by atoms with Gasteiger partial charge in [-0.15, -0.1) is 5.10 Å². The number of hydrogen-bond acceptors (Lipinski definition) is 5. The number of amides is 2. The highest BCUT2D eigenvalue weighted by atomic mass is 35.5. The van der Waals surface area contributed by atoms with Gasteiger partial charge in [-0.25, -0.2) is 4.68 Å². The summed E-state index contributed by atoms with van der Waals surface area (Å²) >= 11 is 6.08. The summed E-state index contributed by atoms with van der Waals surface area (Å²) in [4.78, 5) is 23.2. The van der Waals surface area contributed by atoms with Crippen LogP contribution in [-0.4, -0.2) is 38.6 Å². The Kier molecular flexibility index (Phi) is 3.53. The number of hydrogen-bond donors (Lipinski definition) is 2. The van der Waals surface area contributed by atoms with Gasteiger partial charge < -0.3 is 10.6 Å². The average Bonchev–Trinajstić information content (AvgIpc) is 3.12. The Morgan fingerprint density at radius 2 is 2.33 bits per heavy atom. The minimum Gasteiger partial charge on any atom is -0.355 e. The molecule has 9 heteroatoms. The van der Waals surface area contributed by atoms with Crippen LogP contribution < -0.4 is 10.6 Å². The van der Waals surface area contributed by atoms with Gasteiger partial charge in [-0.3, -0.25) is 9.59 Å². The number of carbonyl (C=O) groups is 2. The summed E-state index contributed by atoms with van der Waals surface area (Å²) in [5.74, 6) is -0.752. The van der Waals surface area contributed by atoms with E-state index in [1.807, 2.05) is 0 Å². The molecule has 2 amide bonds. The van der Waals surface area contributed by atoms with Gasteiger partial charge in [0.1, 0.15) is 6.33 Å². The first kappa shape index (κ1) is 13.5. The van der Waals surface area contributed by atoms with E-state index in [9.17, 15) is 9.59 Å². The van der Waals surface area contributed by atoms with E-state index in [1.165, 1.54) is 11.0 Å². The molecule has 1 fully saturated rings. The molecule has 1 saturated heterocycles. The number of carbonyl (C=O) groups excluding carboxylic acids is 2. The molecule has 0 saturated carbocycles. The summed E-state index contributed by atoms with van der Waals surface area (Å²) in [7, 11) is 0. The maximum atomic E-state index is 12.1. The number of rotatable bonds is 3. The predicted molar refractivity (Wildman–Crippen MR) is 73.9 cm³/mol. The number of tetrazole rings is 1. The van der Waals surface area contributed by atoms with Crippen molar-refractivity contribution < 1.29 is 9.59 Å². The average molecular weight is 307 g/mol. The van der Waals surface area contributed by atoms with Crippen LogP contribution in [0.3, 0.4) is 0 Å². The van der Waals surface area contributed by atoms with E-state index >= 15 is 0 Å². The highest BCUT2D eigenvalue weighted by molar-refractivity contribution is 6.33. The molecule has 1 aliphatic rings. The lowest BCUT2D eigenvalue weighted by Gasteiger charge is -2.11. The third kappa shape index (κ3) is 2.84. The van der Waals surface area contributed by atoms with E-state index in [-0.39, 0.29) is 24.2 Å². The molecule has 1 aromatic carbocycles. The molecule has 1 unspecified atom stereocenters. The molecule has 0 bridgehead atoms. The Labute approximate surface area is 124 Å². The highest BCUT2D eigenvalue weighted by Gasteiger charge is 2.28. The van der Waals surface area contributed by atoms with E-state index in [2.05, 4.69) is 26.2 Å². The van der Waals surface area contributed by atoms with Crippen LogP contribution >= 0.6 is 11.6 Å². The fourth-order valence-electron chi connectivity index (χ4n) is 2.06. The van der Waals surface area contributed by atoms with Gasteiger partial charge in [0.2, 0.25) is 11.8 Å². The third-order valence-corrected chi connectivity index (χ3v) is 3.50. The fraction of sp³-hybridized carbons (Fsp3) is 0.250. The summed E-state index contributed by atoms with van der Waals surface area (Å²) in [5.41, 5.74) is 1.12. The number of aromatic nitrogens is 4. The van der Waals surface area contributed by atoms with Crippen molar-refractivity contribution in [3.8, 4) is 5.69 Å². The van der Waals surface area contributed by atoms with Crippen molar-refractivity contribution in [2.75, 3.05) is 11.9 Å². The van der Waals surface area contributed by atoms with Crippen molar-refractivity contribution >= 4 is 29.1 Å². The van der Waals surface area contributed by atoms with Crippen LogP contribution in [-0.2, 0) is 9.59 Å². The molecule has 3 rings (SSSR count). The van der Waals surface area contributed by atoms with Crippen molar-refractivity contribution in [3.05, 3.63) is 29.5 Å². The zero-order chi connectivity index (χ0) is 14.8. The first-order chi connectivity index (χ1) is 10.1. The lowest BCUT2D eigenvalue weighted by atomic mass is 10.1. The summed E-state index contributed by atoms with van der Waals surface area (Å²) in [6.07, 6.45) is 1.63.